The van der Waals surface area contributed by atoms with Gasteiger partial charge in [-0.3, -0.25) is 0 Å². The topological polar surface area (TPSA) is 67.6 Å². The Morgan fingerprint density at radius 1 is 1.38 bits per heavy atom. The van der Waals surface area contributed by atoms with E-state index in [0.29, 0.717) is 18.7 Å². The van der Waals surface area contributed by atoms with Crippen molar-refractivity contribution in [1.82, 2.24) is 15.4 Å². The van der Waals surface area contributed by atoms with Crippen LogP contribution in [0.15, 0.2) is 4.52 Å². The summed E-state index contributed by atoms with van der Waals surface area (Å²) in [6.45, 7) is 0.454. The Morgan fingerprint density at radius 3 is 2.88 bits per heavy atom. The number of amides is 2. The van der Waals surface area contributed by atoms with Gasteiger partial charge in [-0.15, -0.1) is 0 Å². The molecule has 1 spiro atoms. The van der Waals surface area contributed by atoms with E-state index in [-0.39, 0.29) is 11.4 Å². The first kappa shape index (κ1) is 15.9. The van der Waals surface area contributed by atoms with Crippen molar-refractivity contribution in [2.45, 2.75) is 70.1 Å². The fourth-order valence-electron chi connectivity index (χ4n) is 4.85. The van der Waals surface area contributed by atoms with E-state index in [9.17, 15) is 4.79 Å². The molecule has 0 aromatic carbocycles. The normalized spacial score (nSPS) is 27.1. The first-order valence-corrected chi connectivity index (χ1v) is 9.15. The van der Waals surface area contributed by atoms with Gasteiger partial charge in [0.05, 0.1) is 12.6 Å². The van der Waals surface area contributed by atoms with Crippen molar-refractivity contribution < 1.29 is 14.1 Å². The van der Waals surface area contributed by atoms with Gasteiger partial charge in [0, 0.05) is 37.6 Å². The van der Waals surface area contributed by atoms with Crippen LogP contribution in [0.25, 0.3) is 0 Å². The summed E-state index contributed by atoms with van der Waals surface area (Å²) in [5.41, 5.74) is 2.31. The maximum Gasteiger partial charge on any atom is 0.317 e. The molecule has 1 aromatic heterocycles. The fourth-order valence-corrected chi connectivity index (χ4v) is 4.85. The van der Waals surface area contributed by atoms with Gasteiger partial charge in [-0.2, -0.15) is 0 Å². The van der Waals surface area contributed by atoms with Gasteiger partial charge in [0.15, 0.2) is 0 Å². The Morgan fingerprint density at radius 2 is 2.17 bits per heavy atom. The number of ether oxygens (including phenoxy) is 1. The molecule has 6 nitrogen and oxygen atoms in total. The van der Waals surface area contributed by atoms with E-state index in [1.165, 1.54) is 37.7 Å². The molecule has 3 aliphatic carbocycles. The smallest absolute Gasteiger partial charge is 0.317 e. The second-order valence-corrected chi connectivity index (χ2v) is 7.57. The molecule has 24 heavy (non-hydrogen) atoms. The van der Waals surface area contributed by atoms with E-state index in [2.05, 4.69) is 10.5 Å². The molecule has 132 valence electrons. The van der Waals surface area contributed by atoms with Crippen molar-refractivity contribution in [3.63, 3.8) is 0 Å². The SMILES string of the molecule is COC1CC(N(C)C(=O)NCc2noc3c2CCCC3)C12CCC2. The molecule has 1 N–H and O–H groups in total. The number of aryl methyl sites for hydroxylation is 1. The minimum absolute atomic E-state index is 0.0200. The summed E-state index contributed by atoms with van der Waals surface area (Å²) in [4.78, 5) is 14.5. The van der Waals surface area contributed by atoms with Gasteiger partial charge in [0.25, 0.3) is 0 Å². The lowest BCUT2D eigenvalue weighted by Gasteiger charge is -2.62. The van der Waals surface area contributed by atoms with Crippen molar-refractivity contribution >= 4 is 6.03 Å². The van der Waals surface area contributed by atoms with Crippen molar-refractivity contribution in [2.24, 2.45) is 5.41 Å². The average Bonchev–Trinajstić information content (AvgIpc) is 2.93. The zero-order valence-electron chi connectivity index (χ0n) is 14.6. The number of fused-ring (bicyclic) bond motifs is 1. The average molecular weight is 333 g/mol. The number of aromatic nitrogens is 1. The quantitative estimate of drug-likeness (QED) is 0.920. The van der Waals surface area contributed by atoms with Crippen LogP contribution in [0.2, 0.25) is 0 Å². The maximum absolute atomic E-state index is 12.6. The van der Waals surface area contributed by atoms with Crippen LogP contribution in [0, 0.1) is 5.41 Å². The molecule has 2 fully saturated rings. The van der Waals surface area contributed by atoms with E-state index >= 15 is 0 Å². The second kappa shape index (κ2) is 6.06. The number of hydrogen-bond donors (Lipinski definition) is 1. The molecule has 2 saturated carbocycles. The number of rotatable bonds is 4. The van der Waals surface area contributed by atoms with Crippen LogP contribution in [0.3, 0.4) is 0 Å². The predicted octanol–water partition coefficient (Wildman–Crippen LogP) is 2.65. The maximum atomic E-state index is 12.6. The van der Waals surface area contributed by atoms with E-state index in [0.717, 1.165) is 30.7 Å². The molecule has 1 aromatic rings. The lowest BCUT2D eigenvalue weighted by molar-refractivity contribution is -0.182. The Balaban J connectivity index is 1.36. The highest BCUT2D eigenvalue weighted by Gasteiger charge is 2.60. The van der Waals surface area contributed by atoms with Crippen molar-refractivity contribution in [3.05, 3.63) is 17.0 Å². The lowest BCUT2D eigenvalue weighted by Crippen LogP contribution is -2.68. The van der Waals surface area contributed by atoms with E-state index in [1.54, 1.807) is 7.11 Å². The summed E-state index contributed by atoms with van der Waals surface area (Å²) in [6, 6.07) is 0.274. The van der Waals surface area contributed by atoms with Gasteiger partial charge in [-0.05, 0) is 38.5 Å². The highest BCUT2D eigenvalue weighted by molar-refractivity contribution is 5.74. The van der Waals surface area contributed by atoms with Crippen LogP contribution in [0.1, 0.15) is 55.5 Å². The highest BCUT2D eigenvalue weighted by Crippen LogP contribution is 2.58. The molecular weight excluding hydrogens is 306 g/mol. The van der Waals surface area contributed by atoms with Crippen LogP contribution in [0.5, 0.6) is 0 Å². The fraction of sp³-hybridized carbons (Fsp3) is 0.778. The molecule has 2 amide bonds. The van der Waals surface area contributed by atoms with Gasteiger partial charge >= 0.3 is 6.03 Å². The number of carbonyl (C=O) groups is 1. The third kappa shape index (κ3) is 2.34. The van der Waals surface area contributed by atoms with Gasteiger partial charge in [0.1, 0.15) is 11.5 Å². The summed E-state index contributed by atoms with van der Waals surface area (Å²) in [6.07, 6.45) is 9.18. The molecule has 2 atom stereocenters. The molecule has 0 aliphatic heterocycles. The summed E-state index contributed by atoms with van der Waals surface area (Å²) in [5.74, 6) is 1.01. The van der Waals surface area contributed by atoms with E-state index in [4.69, 9.17) is 9.26 Å². The molecule has 0 saturated heterocycles. The zero-order valence-corrected chi connectivity index (χ0v) is 14.6. The first-order valence-electron chi connectivity index (χ1n) is 9.15. The molecular formula is C18H27N3O3. The monoisotopic (exact) mass is 333 g/mol. The molecule has 4 rings (SSSR count). The third-order valence-corrected chi connectivity index (χ3v) is 6.54. The molecule has 1 heterocycles. The first-order chi connectivity index (χ1) is 11.7. The Bertz CT molecular complexity index is 623. The van der Waals surface area contributed by atoms with Crippen LogP contribution in [0.4, 0.5) is 4.79 Å². The Labute approximate surface area is 142 Å². The predicted molar refractivity (Wildman–Crippen MR) is 88.6 cm³/mol. The minimum atomic E-state index is -0.0200. The Hall–Kier alpha value is -1.56. The molecule has 0 bridgehead atoms. The van der Waals surface area contributed by atoms with Crippen LogP contribution in [-0.4, -0.2) is 42.4 Å². The second-order valence-electron chi connectivity index (χ2n) is 7.57. The number of methoxy groups -OCH3 is 1. The number of nitrogens with zero attached hydrogens (tertiary/aromatic N) is 2. The molecule has 3 aliphatic rings. The van der Waals surface area contributed by atoms with Gasteiger partial charge < -0.3 is 19.5 Å². The van der Waals surface area contributed by atoms with Gasteiger partial charge in [-0.25, -0.2) is 4.79 Å². The number of carbonyl (C=O) groups excluding carboxylic acids is 1. The van der Waals surface area contributed by atoms with E-state index < -0.39 is 0 Å². The number of nitrogens with one attached hydrogen (secondary N) is 1. The number of hydrogen-bond acceptors (Lipinski definition) is 4. The van der Waals surface area contributed by atoms with Crippen molar-refractivity contribution in [2.75, 3.05) is 14.2 Å². The van der Waals surface area contributed by atoms with Crippen LogP contribution < -0.4 is 5.32 Å². The van der Waals surface area contributed by atoms with Crippen molar-refractivity contribution in [1.29, 1.82) is 0 Å². The van der Waals surface area contributed by atoms with E-state index in [1.807, 2.05) is 11.9 Å². The van der Waals surface area contributed by atoms with Gasteiger partial charge in [0.2, 0.25) is 0 Å². The largest absolute Gasteiger partial charge is 0.381 e. The summed E-state index contributed by atoms with van der Waals surface area (Å²) in [5, 5.41) is 7.19. The minimum Gasteiger partial charge on any atom is -0.381 e. The number of urea groups is 1. The molecule has 6 heteroatoms. The standard InChI is InChI=1S/C18H27N3O3/c1-21(15-10-16(23-2)18(15)8-5-9-18)17(22)19-11-13-12-6-3-4-7-14(12)24-20-13/h15-16H,3-11H2,1-2H3,(H,19,22). The van der Waals surface area contributed by atoms with Gasteiger partial charge in [-0.1, -0.05) is 11.6 Å². The Kier molecular flexibility index (Phi) is 4.03. The molecule has 0 radical (unpaired) electrons. The lowest BCUT2D eigenvalue weighted by atomic mass is 9.50. The summed E-state index contributed by atoms with van der Waals surface area (Å²) in [7, 11) is 3.69. The highest BCUT2D eigenvalue weighted by atomic mass is 16.5. The van der Waals surface area contributed by atoms with Crippen LogP contribution >= 0.6 is 0 Å². The summed E-state index contributed by atoms with van der Waals surface area (Å²) >= 11 is 0. The zero-order chi connectivity index (χ0) is 16.7. The third-order valence-electron chi connectivity index (χ3n) is 6.54. The molecule has 2 unspecified atom stereocenters. The van der Waals surface area contributed by atoms with Crippen molar-refractivity contribution in [3.8, 4) is 0 Å². The van der Waals surface area contributed by atoms with Crippen LogP contribution in [-0.2, 0) is 24.1 Å². The summed E-state index contributed by atoms with van der Waals surface area (Å²) < 4.78 is 11.0.